The number of nitrogens with zero attached hydrogens (tertiary/aromatic N) is 3. The Morgan fingerprint density at radius 2 is 1.89 bits per heavy atom. The molecule has 0 saturated carbocycles. The number of halogens is 1. The molecule has 0 radical (unpaired) electrons. The minimum Gasteiger partial charge on any atom is -0.337 e. The molecule has 1 N–H and O–H groups in total. The van der Waals surface area contributed by atoms with E-state index in [-0.39, 0.29) is 18.3 Å². The lowest BCUT2D eigenvalue weighted by molar-refractivity contribution is 0.0700. The standard InChI is InChI=1S/C21H28N4O.ClH/c1-3-15-7-9-17(10-8-15)25-19-6-4-5-18(19)20(23-25)21(26)24-13-11-16(22-2)12-14-24;/h7-10,16,22H,3-6,11-14H2,1-2H3;1H. The maximum Gasteiger partial charge on any atom is 0.274 e. The van der Waals surface area contributed by atoms with Crippen molar-refractivity contribution in [3.05, 3.63) is 46.8 Å². The monoisotopic (exact) mass is 388 g/mol. The molecule has 2 heterocycles. The topological polar surface area (TPSA) is 50.2 Å². The highest BCUT2D eigenvalue weighted by Gasteiger charge is 2.31. The highest BCUT2D eigenvalue weighted by atomic mass is 35.5. The van der Waals surface area contributed by atoms with Crippen LogP contribution in [-0.2, 0) is 19.3 Å². The van der Waals surface area contributed by atoms with E-state index in [1.807, 2.05) is 16.6 Å². The van der Waals surface area contributed by atoms with Crippen molar-refractivity contribution in [2.45, 2.75) is 51.5 Å². The van der Waals surface area contributed by atoms with Gasteiger partial charge in [0.05, 0.1) is 5.69 Å². The van der Waals surface area contributed by atoms with Crippen molar-refractivity contribution in [3.63, 3.8) is 0 Å². The van der Waals surface area contributed by atoms with E-state index in [9.17, 15) is 4.79 Å². The normalized spacial score (nSPS) is 16.9. The molecule has 146 valence electrons. The van der Waals surface area contributed by atoms with Gasteiger partial charge in [-0.05, 0) is 63.3 Å². The molecule has 1 aliphatic carbocycles. The molecule has 27 heavy (non-hydrogen) atoms. The van der Waals surface area contributed by atoms with Gasteiger partial charge in [0, 0.05) is 30.4 Å². The number of amides is 1. The fraction of sp³-hybridized carbons (Fsp3) is 0.524. The molecule has 1 amide bonds. The molecular formula is C21H29ClN4O. The molecule has 0 atom stereocenters. The summed E-state index contributed by atoms with van der Waals surface area (Å²) in [5.74, 6) is 0.113. The molecule has 4 rings (SSSR count). The van der Waals surface area contributed by atoms with Gasteiger partial charge in [-0.15, -0.1) is 12.4 Å². The van der Waals surface area contributed by atoms with Crippen molar-refractivity contribution in [1.29, 1.82) is 0 Å². The summed E-state index contributed by atoms with van der Waals surface area (Å²) in [6.45, 7) is 3.79. The van der Waals surface area contributed by atoms with Gasteiger partial charge in [0.1, 0.15) is 0 Å². The minimum atomic E-state index is 0. The minimum absolute atomic E-state index is 0. The van der Waals surface area contributed by atoms with Crippen LogP contribution >= 0.6 is 12.4 Å². The average Bonchev–Trinajstić information content (AvgIpc) is 3.30. The third kappa shape index (κ3) is 3.76. The number of benzene rings is 1. The van der Waals surface area contributed by atoms with Crippen molar-refractivity contribution < 1.29 is 4.79 Å². The Kier molecular flexibility index (Phi) is 6.22. The van der Waals surface area contributed by atoms with E-state index >= 15 is 0 Å². The van der Waals surface area contributed by atoms with Crippen LogP contribution in [0.5, 0.6) is 0 Å². The molecule has 1 aromatic heterocycles. The molecule has 5 nitrogen and oxygen atoms in total. The van der Waals surface area contributed by atoms with Crippen LogP contribution in [0.25, 0.3) is 5.69 Å². The first-order valence-corrected chi connectivity index (χ1v) is 9.88. The van der Waals surface area contributed by atoms with Gasteiger partial charge in [-0.2, -0.15) is 5.10 Å². The number of carbonyl (C=O) groups excluding carboxylic acids is 1. The van der Waals surface area contributed by atoms with Gasteiger partial charge in [-0.25, -0.2) is 4.68 Å². The fourth-order valence-electron chi connectivity index (χ4n) is 4.22. The van der Waals surface area contributed by atoms with Crippen LogP contribution in [0.3, 0.4) is 0 Å². The van der Waals surface area contributed by atoms with E-state index in [1.54, 1.807) is 0 Å². The van der Waals surface area contributed by atoms with Crippen LogP contribution in [0.2, 0.25) is 0 Å². The van der Waals surface area contributed by atoms with E-state index in [4.69, 9.17) is 5.10 Å². The number of aryl methyl sites for hydroxylation is 1. The highest BCUT2D eigenvalue weighted by molar-refractivity contribution is 5.94. The predicted molar refractivity (Wildman–Crippen MR) is 110 cm³/mol. The van der Waals surface area contributed by atoms with Gasteiger partial charge in [-0.3, -0.25) is 4.79 Å². The molecule has 0 bridgehead atoms. The third-order valence-electron chi connectivity index (χ3n) is 5.91. The number of likely N-dealkylation sites (tertiary alicyclic amines) is 1. The number of hydrogen-bond donors (Lipinski definition) is 1. The Morgan fingerprint density at radius 3 is 2.52 bits per heavy atom. The largest absolute Gasteiger partial charge is 0.337 e. The Labute approximate surface area is 167 Å². The van der Waals surface area contributed by atoms with E-state index in [0.717, 1.165) is 57.3 Å². The molecule has 2 aliphatic rings. The van der Waals surface area contributed by atoms with Crippen LogP contribution in [0, 0.1) is 0 Å². The summed E-state index contributed by atoms with van der Waals surface area (Å²) in [5, 5.41) is 8.10. The van der Waals surface area contributed by atoms with Crippen molar-refractivity contribution in [2.24, 2.45) is 0 Å². The molecule has 1 aliphatic heterocycles. The number of nitrogens with one attached hydrogen (secondary N) is 1. The molecule has 6 heteroatoms. The molecular weight excluding hydrogens is 360 g/mol. The smallest absolute Gasteiger partial charge is 0.274 e. The first-order chi connectivity index (χ1) is 12.7. The molecule has 2 aromatic rings. The summed E-state index contributed by atoms with van der Waals surface area (Å²) in [4.78, 5) is 15.1. The van der Waals surface area contributed by atoms with Gasteiger partial charge in [-0.1, -0.05) is 19.1 Å². The van der Waals surface area contributed by atoms with Gasteiger partial charge < -0.3 is 10.2 Å². The summed E-state index contributed by atoms with van der Waals surface area (Å²) in [6, 6.07) is 9.08. The van der Waals surface area contributed by atoms with E-state index in [0.29, 0.717) is 11.7 Å². The molecule has 1 saturated heterocycles. The first kappa shape index (κ1) is 19.9. The summed E-state index contributed by atoms with van der Waals surface area (Å²) >= 11 is 0. The van der Waals surface area contributed by atoms with E-state index in [1.165, 1.54) is 16.8 Å². The summed E-state index contributed by atoms with van der Waals surface area (Å²) < 4.78 is 2.01. The number of piperidine rings is 1. The number of fused-ring (bicyclic) bond motifs is 1. The number of rotatable bonds is 4. The van der Waals surface area contributed by atoms with Crippen LogP contribution < -0.4 is 5.32 Å². The molecule has 1 fully saturated rings. The maximum absolute atomic E-state index is 13.1. The Morgan fingerprint density at radius 1 is 1.19 bits per heavy atom. The number of aromatic nitrogens is 2. The molecule has 1 aromatic carbocycles. The third-order valence-corrected chi connectivity index (χ3v) is 5.91. The van der Waals surface area contributed by atoms with Crippen LogP contribution in [0.15, 0.2) is 24.3 Å². The average molecular weight is 389 g/mol. The predicted octanol–water partition coefficient (Wildman–Crippen LogP) is 3.17. The van der Waals surface area contributed by atoms with Crippen LogP contribution in [0.1, 0.15) is 53.5 Å². The lowest BCUT2D eigenvalue weighted by Crippen LogP contribution is -2.44. The van der Waals surface area contributed by atoms with E-state index < -0.39 is 0 Å². The van der Waals surface area contributed by atoms with Crippen molar-refractivity contribution in [1.82, 2.24) is 20.0 Å². The Bertz CT molecular complexity index is 791. The van der Waals surface area contributed by atoms with Gasteiger partial charge in [0.2, 0.25) is 0 Å². The number of hydrogen-bond acceptors (Lipinski definition) is 3. The lowest BCUT2D eigenvalue weighted by atomic mass is 10.0. The number of carbonyl (C=O) groups is 1. The second-order valence-electron chi connectivity index (χ2n) is 7.41. The summed E-state index contributed by atoms with van der Waals surface area (Å²) in [5.41, 5.74) is 5.46. The second kappa shape index (κ2) is 8.44. The zero-order chi connectivity index (χ0) is 18.1. The maximum atomic E-state index is 13.1. The van der Waals surface area contributed by atoms with Gasteiger partial charge >= 0.3 is 0 Å². The highest BCUT2D eigenvalue weighted by Crippen LogP contribution is 2.29. The van der Waals surface area contributed by atoms with E-state index in [2.05, 4.69) is 36.5 Å². The lowest BCUT2D eigenvalue weighted by Gasteiger charge is -2.31. The second-order valence-corrected chi connectivity index (χ2v) is 7.41. The van der Waals surface area contributed by atoms with Crippen LogP contribution in [0.4, 0.5) is 0 Å². The summed E-state index contributed by atoms with van der Waals surface area (Å²) in [6.07, 6.45) is 6.16. The SMILES string of the molecule is CCc1ccc(-n2nc(C(=O)N3CCC(NC)CC3)c3c2CCC3)cc1.Cl. The summed E-state index contributed by atoms with van der Waals surface area (Å²) in [7, 11) is 2.00. The zero-order valence-electron chi connectivity index (χ0n) is 16.2. The molecule has 0 unspecified atom stereocenters. The fourth-order valence-corrected chi connectivity index (χ4v) is 4.22. The van der Waals surface area contributed by atoms with Crippen molar-refractivity contribution >= 4 is 18.3 Å². The van der Waals surface area contributed by atoms with Crippen molar-refractivity contribution in [2.75, 3.05) is 20.1 Å². The van der Waals surface area contributed by atoms with Gasteiger partial charge in [0.25, 0.3) is 5.91 Å². The first-order valence-electron chi connectivity index (χ1n) is 9.88. The zero-order valence-corrected chi connectivity index (χ0v) is 17.0. The molecule has 0 spiro atoms. The Hall–Kier alpha value is -1.85. The Balaban J connectivity index is 0.00000210. The van der Waals surface area contributed by atoms with Crippen molar-refractivity contribution in [3.8, 4) is 5.69 Å². The van der Waals surface area contributed by atoms with Crippen LogP contribution in [-0.4, -0.2) is 46.8 Å². The quantitative estimate of drug-likeness (QED) is 0.875. The van der Waals surface area contributed by atoms with Gasteiger partial charge in [0.15, 0.2) is 5.69 Å².